The normalized spacial score (nSPS) is 21.6. The van der Waals surface area contributed by atoms with Crippen molar-refractivity contribution in [2.45, 2.75) is 38.7 Å². The third kappa shape index (κ3) is 3.49. The van der Waals surface area contributed by atoms with Crippen molar-refractivity contribution in [3.8, 4) is 6.07 Å². The fraction of sp³-hybridized carbons (Fsp3) is 0.833. The third-order valence-electron chi connectivity index (χ3n) is 3.09. The van der Waals surface area contributed by atoms with Crippen molar-refractivity contribution in [1.29, 1.82) is 5.26 Å². The van der Waals surface area contributed by atoms with Crippen molar-refractivity contribution < 1.29 is 9.53 Å². The number of nitriles is 1. The van der Waals surface area contributed by atoms with E-state index in [0.29, 0.717) is 13.0 Å². The zero-order chi connectivity index (χ0) is 12.2. The molecule has 0 aromatic heterocycles. The van der Waals surface area contributed by atoms with Gasteiger partial charge in [0.2, 0.25) is 5.91 Å². The van der Waals surface area contributed by atoms with E-state index in [9.17, 15) is 4.79 Å². The van der Waals surface area contributed by atoms with Gasteiger partial charge in [0.15, 0.2) is 0 Å². The van der Waals surface area contributed by atoms with Gasteiger partial charge in [0.1, 0.15) is 0 Å². The Bertz CT molecular complexity index is 294. The summed E-state index contributed by atoms with van der Waals surface area (Å²) in [7, 11) is 1.61. The number of rotatable bonds is 3. The van der Waals surface area contributed by atoms with Gasteiger partial charge in [-0.2, -0.15) is 5.26 Å². The highest BCUT2D eigenvalue weighted by molar-refractivity contribution is 5.77. The van der Waals surface area contributed by atoms with Crippen LogP contribution >= 0.6 is 0 Å². The van der Waals surface area contributed by atoms with E-state index in [1.807, 2.05) is 13.8 Å². The number of carbonyl (C=O) groups is 1. The molecule has 90 valence electrons. The summed E-state index contributed by atoms with van der Waals surface area (Å²) in [5.74, 6) is 0.0927. The lowest BCUT2D eigenvalue weighted by Gasteiger charge is -2.32. The van der Waals surface area contributed by atoms with Crippen LogP contribution in [0.4, 0.5) is 0 Å². The van der Waals surface area contributed by atoms with Gasteiger partial charge in [0, 0.05) is 20.2 Å². The van der Waals surface area contributed by atoms with Crippen LogP contribution < -0.4 is 0 Å². The highest BCUT2D eigenvalue weighted by Crippen LogP contribution is 2.20. The molecule has 4 heteroatoms. The van der Waals surface area contributed by atoms with Crippen LogP contribution in [-0.4, -0.2) is 36.6 Å². The molecule has 1 unspecified atom stereocenters. The van der Waals surface area contributed by atoms with E-state index in [0.717, 1.165) is 19.4 Å². The molecule has 0 aromatic carbocycles. The number of likely N-dealkylation sites (tertiary alicyclic amines) is 1. The van der Waals surface area contributed by atoms with Crippen LogP contribution in [0.1, 0.15) is 33.1 Å². The van der Waals surface area contributed by atoms with Crippen LogP contribution in [0.2, 0.25) is 0 Å². The number of amides is 1. The van der Waals surface area contributed by atoms with Crippen LogP contribution in [0.3, 0.4) is 0 Å². The molecule has 0 aliphatic carbocycles. The second kappa shape index (κ2) is 5.31. The van der Waals surface area contributed by atoms with Crippen molar-refractivity contribution >= 4 is 5.91 Å². The lowest BCUT2D eigenvalue weighted by atomic mass is 9.97. The monoisotopic (exact) mass is 224 g/mol. The van der Waals surface area contributed by atoms with Crippen LogP contribution in [-0.2, 0) is 9.53 Å². The molecule has 1 heterocycles. The van der Waals surface area contributed by atoms with Crippen LogP contribution in [0.5, 0.6) is 0 Å². The summed E-state index contributed by atoms with van der Waals surface area (Å²) < 4.78 is 5.24. The van der Waals surface area contributed by atoms with Crippen LogP contribution in [0.15, 0.2) is 0 Å². The van der Waals surface area contributed by atoms with Gasteiger partial charge in [-0.3, -0.25) is 4.79 Å². The first-order valence-electron chi connectivity index (χ1n) is 5.71. The maximum atomic E-state index is 12.0. The molecule has 16 heavy (non-hydrogen) atoms. The average molecular weight is 224 g/mol. The number of nitrogens with zero attached hydrogens (tertiary/aromatic N) is 2. The Kier molecular flexibility index (Phi) is 4.31. The molecular weight excluding hydrogens is 204 g/mol. The standard InChI is InChI=1S/C12H20N2O2/c1-12(2,16-3)7-11(15)14-6-4-5-10(8-13)9-14/h10H,4-7,9H2,1-3H3. The Labute approximate surface area is 97.2 Å². The number of hydrogen-bond acceptors (Lipinski definition) is 3. The van der Waals surface area contributed by atoms with Gasteiger partial charge in [-0.05, 0) is 26.7 Å². The van der Waals surface area contributed by atoms with E-state index < -0.39 is 5.60 Å². The maximum absolute atomic E-state index is 12.0. The first kappa shape index (κ1) is 13.0. The summed E-state index contributed by atoms with van der Waals surface area (Å²) in [5.41, 5.74) is -0.420. The van der Waals surface area contributed by atoms with E-state index in [2.05, 4.69) is 6.07 Å². The third-order valence-corrected chi connectivity index (χ3v) is 3.09. The molecule has 0 bridgehead atoms. The Morgan fingerprint density at radius 3 is 2.88 bits per heavy atom. The lowest BCUT2D eigenvalue weighted by Crippen LogP contribution is -2.42. The molecule has 1 atom stereocenters. The Balaban J connectivity index is 2.51. The molecule has 1 saturated heterocycles. The molecule has 1 amide bonds. The molecule has 1 aliphatic rings. The summed E-state index contributed by atoms with van der Waals surface area (Å²) in [5, 5.41) is 8.86. The summed E-state index contributed by atoms with van der Waals surface area (Å²) in [6.45, 7) is 5.15. The SMILES string of the molecule is COC(C)(C)CC(=O)N1CCCC(C#N)C1. The van der Waals surface area contributed by atoms with Crippen molar-refractivity contribution in [2.24, 2.45) is 5.92 Å². The minimum absolute atomic E-state index is 0.00311. The van der Waals surface area contributed by atoms with Gasteiger partial charge in [-0.1, -0.05) is 0 Å². The van der Waals surface area contributed by atoms with E-state index in [1.165, 1.54) is 0 Å². The lowest BCUT2D eigenvalue weighted by molar-refractivity contribution is -0.137. The summed E-state index contributed by atoms with van der Waals surface area (Å²) in [6.07, 6.45) is 2.22. The fourth-order valence-electron chi connectivity index (χ4n) is 1.86. The molecule has 0 spiro atoms. The first-order valence-corrected chi connectivity index (χ1v) is 5.71. The van der Waals surface area contributed by atoms with Gasteiger partial charge in [0.05, 0.1) is 24.0 Å². The molecule has 0 aromatic rings. The number of hydrogen-bond donors (Lipinski definition) is 0. The topological polar surface area (TPSA) is 53.3 Å². The highest BCUT2D eigenvalue weighted by atomic mass is 16.5. The minimum atomic E-state index is -0.420. The highest BCUT2D eigenvalue weighted by Gasteiger charge is 2.28. The second-order valence-corrected chi connectivity index (χ2v) is 4.95. The molecule has 1 aliphatic heterocycles. The molecule has 4 nitrogen and oxygen atoms in total. The summed E-state index contributed by atoms with van der Waals surface area (Å²) >= 11 is 0. The predicted molar refractivity (Wildman–Crippen MR) is 60.6 cm³/mol. The molecule has 0 N–H and O–H groups in total. The Morgan fingerprint density at radius 2 is 2.31 bits per heavy atom. The Hall–Kier alpha value is -1.08. The van der Waals surface area contributed by atoms with Gasteiger partial charge < -0.3 is 9.64 Å². The molecule has 1 rings (SSSR count). The number of methoxy groups -OCH3 is 1. The van der Waals surface area contributed by atoms with E-state index >= 15 is 0 Å². The number of ether oxygens (including phenoxy) is 1. The zero-order valence-corrected chi connectivity index (χ0v) is 10.3. The zero-order valence-electron chi connectivity index (χ0n) is 10.3. The first-order chi connectivity index (χ1) is 7.48. The van der Waals surface area contributed by atoms with Gasteiger partial charge >= 0.3 is 0 Å². The van der Waals surface area contributed by atoms with Gasteiger partial charge in [-0.25, -0.2) is 0 Å². The number of piperidine rings is 1. The molecule has 1 fully saturated rings. The second-order valence-electron chi connectivity index (χ2n) is 4.95. The van der Waals surface area contributed by atoms with E-state index in [4.69, 9.17) is 10.00 Å². The average Bonchev–Trinajstić information content (AvgIpc) is 2.28. The molecule has 0 radical (unpaired) electrons. The number of carbonyl (C=O) groups excluding carboxylic acids is 1. The van der Waals surface area contributed by atoms with E-state index in [1.54, 1.807) is 12.0 Å². The molecular formula is C12H20N2O2. The van der Waals surface area contributed by atoms with Crippen molar-refractivity contribution in [2.75, 3.05) is 20.2 Å². The summed E-state index contributed by atoms with van der Waals surface area (Å²) in [4.78, 5) is 13.8. The molecule has 0 saturated carbocycles. The van der Waals surface area contributed by atoms with Crippen molar-refractivity contribution in [3.05, 3.63) is 0 Å². The predicted octanol–water partition coefficient (Wildman–Crippen LogP) is 1.56. The van der Waals surface area contributed by atoms with Crippen LogP contribution in [0.25, 0.3) is 0 Å². The largest absolute Gasteiger partial charge is 0.378 e. The van der Waals surface area contributed by atoms with Crippen molar-refractivity contribution in [3.63, 3.8) is 0 Å². The van der Waals surface area contributed by atoms with Gasteiger partial charge in [-0.15, -0.1) is 0 Å². The quantitative estimate of drug-likeness (QED) is 0.731. The van der Waals surface area contributed by atoms with Gasteiger partial charge in [0.25, 0.3) is 0 Å². The van der Waals surface area contributed by atoms with E-state index in [-0.39, 0.29) is 11.8 Å². The fourth-order valence-corrected chi connectivity index (χ4v) is 1.86. The van der Waals surface area contributed by atoms with Crippen molar-refractivity contribution in [1.82, 2.24) is 4.90 Å². The minimum Gasteiger partial charge on any atom is -0.378 e. The maximum Gasteiger partial charge on any atom is 0.225 e. The van der Waals surface area contributed by atoms with Crippen LogP contribution in [0, 0.1) is 17.2 Å². The smallest absolute Gasteiger partial charge is 0.225 e. The Morgan fingerprint density at radius 1 is 1.62 bits per heavy atom. The summed E-state index contributed by atoms with van der Waals surface area (Å²) in [6, 6.07) is 2.24.